The van der Waals surface area contributed by atoms with Crippen molar-refractivity contribution in [2.75, 3.05) is 0 Å². The Kier molecular flexibility index (Phi) is 6.78. The van der Waals surface area contributed by atoms with Crippen molar-refractivity contribution in [1.29, 1.82) is 0 Å². The number of nitrogens with zero attached hydrogens (tertiary/aromatic N) is 2. The second-order valence-corrected chi connectivity index (χ2v) is 8.54. The van der Waals surface area contributed by atoms with Crippen LogP contribution >= 0.6 is 15.9 Å². The largest absolute Gasteiger partial charge is 0.379 e. The summed E-state index contributed by atoms with van der Waals surface area (Å²) in [6, 6.07) is 17.3. The first kappa shape index (κ1) is 22.1. The lowest BCUT2D eigenvalue weighted by atomic mass is 10.2. The molecule has 0 saturated heterocycles. The molecule has 3 aromatic carbocycles. The summed E-state index contributed by atoms with van der Waals surface area (Å²) >= 11 is 3.28. The third-order valence-corrected chi connectivity index (χ3v) is 5.58. The lowest BCUT2D eigenvalue weighted by Crippen LogP contribution is -2.17. The highest BCUT2D eigenvalue weighted by Gasteiger charge is 2.20. The van der Waals surface area contributed by atoms with Crippen LogP contribution in [0.15, 0.2) is 87.3 Å². The predicted octanol–water partition coefficient (Wildman–Crippen LogP) is 3.89. The number of hydrogen-bond donors (Lipinski definition) is 1. The molecule has 0 aromatic heterocycles. The first-order valence-electron chi connectivity index (χ1n) is 8.62. The number of amides is 1. The van der Waals surface area contributed by atoms with E-state index < -0.39 is 20.9 Å². The van der Waals surface area contributed by atoms with Gasteiger partial charge in [-0.3, -0.25) is 14.9 Å². The molecule has 0 saturated carbocycles. The Balaban J connectivity index is 1.71. The molecule has 9 nitrogen and oxygen atoms in total. The van der Waals surface area contributed by atoms with Gasteiger partial charge in [0, 0.05) is 22.2 Å². The summed E-state index contributed by atoms with van der Waals surface area (Å²) in [5, 5.41) is 14.7. The van der Waals surface area contributed by atoms with Gasteiger partial charge in [-0.25, -0.2) is 5.43 Å². The number of nitro groups is 1. The second-order valence-electron chi connectivity index (χ2n) is 6.07. The molecule has 0 unspecified atom stereocenters. The zero-order valence-corrected chi connectivity index (χ0v) is 18.0. The van der Waals surface area contributed by atoms with E-state index in [0.717, 1.165) is 10.5 Å². The summed E-state index contributed by atoms with van der Waals surface area (Å²) in [6.07, 6.45) is 1.32. The number of halogens is 1. The number of hydrogen-bond acceptors (Lipinski definition) is 7. The topological polar surface area (TPSA) is 128 Å². The first-order valence-corrected chi connectivity index (χ1v) is 10.8. The minimum absolute atomic E-state index is 0.0197. The van der Waals surface area contributed by atoms with Crippen molar-refractivity contribution in [3.63, 3.8) is 0 Å². The lowest BCUT2D eigenvalue weighted by molar-refractivity contribution is -0.385. The number of rotatable bonds is 7. The van der Waals surface area contributed by atoms with Gasteiger partial charge in [0.25, 0.3) is 11.6 Å². The normalized spacial score (nSPS) is 11.3. The van der Waals surface area contributed by atoms with Gasteiger partial charge in [-0.15, -0.1) is 0 Å². The second kappa shape index (κ2) is 9.49. The van der Waals surface area contributed by atoms with Crippen molar-refractivity contribution >= 4 is 43.9 Å². The molecule has 1 amide bonds. The van der Waals surface area contributed by atoms with E-state index in [9.17, 15) is 23.3 Å². The molecule has 0 aliphatic heterocycles. The van der Waals surface area contributed by atoms with Gasteiger partial charge in [-0.2, -0.15) is 13.5 Å². The summed E-state index contributed by atoms with van der Waals surface area (Å²) in [5.74, 6) is -0.438. The van der Waals surface area contributed by atoms with E-state index in [1.165, 1.54) is 42.6 Å². The number of nitrogens with one attached hydrogen (secondary N) is 1. The Morgan fingerprint density at radius 2 is 1.81 bits per heavy atom. The molecular weight excluding hydrogens is 490 g/mol. The van der Waals surface area contributed by atoms with Crippen LogP contribution in [-0.2, 0) is 10.1 Å². The minimum atomic E-state index is -4.28. The molecule has 3 aromatic rings. The van der Waals surface area contributed by atoms with Crippen LogP contribution in [-0.4, -0.2) is 25.5 Å². The Morgan fingerprint density at radius 1 is 1.06 bits per heavy atom. The predicted molar refractivity (Wildman–Crippen MR) is 117 cm³/mol. The average Bonchev–Trinajstić information content (AvgIpc) is 2.74. The van der Waals surface area contributed by atoms with E-state index >= 15 is 0 Å². The summed E-state index contributed by atoms with van der Waals surface area (Å²) in [5.41, 5.74) is 2.87. The summed E-state index contributed by atoms with van der Waals surface area (Å²) in [7, 11) is -4.28. The maximum atomic E-state index is 12.4. The van der Waals surface area contributed by atoms with Gasteiger partial charge >= 0.3 is 10.1 Å². The fraction of sp³-hybridized carbons (Fsp3) is 0. The van der Waals surface area contributed by atoms with E-state index in [2.05, 4.69) is 26.5 Å². The first-order chi connectivity index (χ1) is 14.7. The van der Waals surface area contributed by atoms with Crippen molar-refractivity contribution in [2.24, 2.45) is 5.10 Å². The summed E-state index contributed by atoms with van der Waals surface area (Å²) in [6.45, 7) is 0. The highest BCUT2D eigenvalue weighted by atomic mass is 79.9. The Bertz CT molecular complexity index is 1280. The third-order valence-electron chi connectivity index (χ3n) is 3.85. The number of non-ortho nitro benzene ring substituents is 1. The molecule has 0 aliphatic rings. The maximum Gasteiger partial charge on any atom is 0.339 e. The number of nitro benzene ring substituents is 1. The minimum Gasteiger partial charge on any atom is -0.379 e. The standard InChI is InChI=1S/C20H14BrN3O6S/c21-16-6-2-5-15(11-16)20(25)23-22-13-14-4-1-8-18(10-14)30-31(28,29)19-9-3-7-17(12-19)24(26)27/h1-13H,(H,23,25)/b22-13-. The molecule has 31 heavy (non-hydrogen) atoms. The molecule has 1 N–H and O–H groups in total. The molecular formula is C20H14BrN3O6S. The van der Waals surface area contributed by atoms with Crippen LogP contribution in [0, 0.1) is 10.1 Å². The van der Waals surface area contributed by atoms with Gasteiger partial charge < -0.3 is 4.18 Å². The molecule has 0 atom stereocenters. The van der Waals surface area contributed by atoms with E-state index in [0.29, 0.717) is 11.1 Å². The highest BCUT2D eigenvalue weighted by Crippen LogP contribution is 2.22. The van der Waals surface area contributed by atoms with Crippen LogP contribution in [0.5, 0.6) is 5.75 Å². The van der Waals surface area contributed by atoms with Crippen LogP contribution < -0.4 is 9.61 Å². The van der Waals surface area contributed by atoms with Crippen molar-refractivity contribution < 1.29 is 22.3 Å². The highest BCUT2D eigenvalue weighted by molar-refractivity contribution is 9.10. The van der Waals surface area contributed by atoms with Crippen LogP contribution in [0.2, 0.25) is 0 Å². The van der Waals surface area contributed by atoms with E-state index in [1.807, 2.05) is 0 Å². The SMILES string of the molecule is O=C(N/N=C\c1cccc(OS(=O)(=O)c2cccc([N+](=O)[O-])c2)c1)c1cccc(Br)c1. The fourth-order valence-electron chi connectivity index (χ4n) is 2.43. The average molecular weight is 504 g/mol. The monoisotopic (exact) mass is 503 g/mol. The van der Waals surface area contributed by atoms with Crippen LogP contribution in [0.4, 0.5) is 5.69 Å². The number of hydrazone groups is 1. The summed E-state index contributed by atoms with van der Waals surface area (Å²) < 4.78 is 30.7. The van der Waals surface area contributed by atoms with Gasteiger partial charge in [0.15, 0.2) is 0 Å². The molecule has 11 heteroatoms. The van der Waals surface area contributed by atoms with Crippen molar-refractivity contribution in [1.82, 2.24) is 5.43 Å². The zero-order chi connectivity index (χ0) is 22.4. The number of carbonyl (C=O) groups is 1. The third kappa shape index (κ3) is 5.96. The maximum absolute atomic E-state index is 12.4. The van der Waals surface area contributed by atoms with Gasteiger partial charge in [0.1, 0.15) is 10.6 Å². The Hall–Kier alpha value is -3.57. The smallest absolute Gasteiger partial charge is 0.339 e. The van der Waals surface area contributed by atoms with Gasteiger partial charge in [-0.05, 0) is 42.0 Å². The quantitative estimate of drug-likeness (QED) is 0.225. The fourth-order valence-corrected chi connectivity index (χ4v) is 3.80. The lowest BCUT2D eigenvalue weighted by Gasteiger charge is -2.07. The molecule has 158 valence electrons. The van der Waals surface area contributed by atoms with Crippen molar-refractivity contribution in [2.45, 2.75) is 4.90 Å². The molecule has 0 spiro atoms. The molecule has 3 rings (SSSR count). The Morgan fingerprint density at radius 3 is 2.55 bits per heavy atom. The van der Waals surface area contributed by atoms with Crippen molar-refractivity contribution in [3.8, 4) is 5.75 Å². The molecule has 0 heterocycles. The van der Waals surface area contributed by atoms with Crippen LogP contribution in [0.25, 0.3) is 0 Å². The summed E-state index contributed by atoms with van der Waals surface area (Å²) in [4.78, 5) is 21.9. The van der Waals surface area contributed by atoms with E-state index in [1.54, 1.807) is 30.3 Å². The van der Waals surface area contributed by atoms with Crippen LogP contribution in [0.3, 0.4) is 0 Å². The van der Waals surface area contributed by atoms with E-state index in [4.69, 9.17) is 4.18 Å². The van der Waals surface area contributed by atoms with Crippen molar-refractivity contribution in [3.05, 3.63) is 98.5 Å². The molecule has 0 bridgehead atoms. The molecule has 0 radical (unpaired) electrons. The van der Waals surface area contributed by atoms with E-state index in [-0.39, 0.29) is 16.3 Å². The zero-order valence-electron chi connectivity index (χ0n) is 15.6. The Labute approximate surface area is 185 Å². The van der Waals surface area contributed by atoms with Crippen LogP contribution in [0.1, 0.15) is 15.9 Å². The number of benzene rings is 3. The molecule has 0 aliphatic carbocycles. The number of carbonyl (C=O) groups excluding carboxylic acids is 1. The van der Waals surface area contributed by atoms with Gasteiger partial charge in [-0.1, -0.05) is 40.2 Å². The van der Waals surface area contributed by atoms with Gasteiger partial charge in [0.2, 0.25) is 0 Å². The molecule has 0 fully saturated rings. The van der Waals surface area contributed by atoms with Gasteiger partial charge in [0.05, 0.1) is 11.1 Å².